The fourth-order valence-corrected chi connectivity index (χ4v) is 5.08. The van der Waals surface area contributed by atoms with Gasteiger partial charge in [-0.1, -0.05) is 72.0 Å². The smallest absolute Gasteiger partial charge is 0.394 e. The second-order valence-corrected chi connectivity index (χ2v) is 8.51. The molecule has 6 nitrogen and oxygen atoms in total. The molecule has 0 aliphatic carbocycles. The second kappa shape index (κ2) is 7.64. The Morgan fingerprint density at radius 2 is 1.65 bits per heavy atom. The number of carbonyl (C=O) groups excluding carboxylic acids is 1. The van der Waals surface area contributed by atoms with Crippen LogP contribution in [0.2, 0.25) is 0 Å². The number of fused-ring (bicyclic) bond motifs is 3. The number of benzene rings is 3. The van der Waals surface area contributed by atoms with Crippen LogP contribution in [0, 0.1) is 0 Å². The van der Waals surface area contributed by atoms with Crippen LogP contribution < -0.4 is 5.32 Å². The molecule has 0 atom stereocenters. The highest BCUT2D eigenvalue weighted by Crippen LogP contribution is 2.39. The summed E-state index contributed by atoms with van der Waals surface area (Å²) >= 11 is 4.58. The van der Waals surface area contributed by atoms with Crippen LogP contribution in [0.5, 0.6) is 0 Å². The summed E-state index contributed by atoms with van der Waals surface area (Å²) in [4.78, 5) is 27.1. The summed E-state index contributed by atoms with van der Waals surface area (Å²) in [5.74, 6) is -2.68. The summed E-state index contributed by atoms with van der Waals surface area (Å²) in [6, 6.07) is 22.0. The van der Waals surface area contributed by atoms with Crippen molar-refractivity contribution in [1.82, 2.24) is 4.98 Å². The third-order valence-corrected chi connectivity index (χ3v) is 6.72. The highest BCUT2D eigenvalue weighted by Gasteiger charge is 2.17. The summed E-state index contributed by atoms with van der Waals surface area (Å²) in [5.41, 5.74) is 4.59. The van der Waals surface area contributed by atoms with Gasteiger partial charge in [-0.3, -0.25) is 10.1 Å². The van der Waals surface area contributed by atoms with Gasteiger partial charge in [-0.15, -0.1) is 0 Å². The molecule has 0 spiro atoms. The number of hydrogen-bond donors (Lipinski definition) is 2. The number of carboxylic acids is 1. The zero-order valence-electron chi connectivity index (χ0n) is 15.8. The van der Waals surface area contributed by atoms with E-state index in [-0.39, 0.29) is 5.13 Å². The van der Waals surface area contributed by atoms with Crippen molar-refractivity contribution in [3.05, 3.63) is 71.3 Å². The predicted octanol–water partition coefficient (Wildman–Crippen LogP) is 6.16. The minimum absolute atomic E-state index is 0.213. The summed E-state index contributed by atoms with van der Waals surface area (Å²) in [6.45, 7) is 0. The Kier molecular flexibility index (Phi) is 4.80. The van der Waals surface area contributed by atoms with E-state index in [0.29, 0.717) is 4.60 Å². The lowest BCUT2D eigenvalue weighted by Crippen LogP contribution is -2.21. The standard InChI is InChI=1S/C23H13BrN2O4S/c24-20-19(31-23(25-20)26-21(27)22(28)29)13-10-8-12(9-11-13)14-5-3-6-16-15-4-1-2-7-17(15)30-18(14)16/h1-11H,(H,28,29)(H,25,26,27). The van der Waals surface area contributed by atoms with Gasteiger partial charge in [0.25, 0.3) is 0 Å². The van der Waals surface area contributed by atoms with Gasteiger partial charge >= 0.3 is 11.9 Å². The van der Waals surface area contributed by atoms with Crippen molar-refractivity contribution in [2.24, 2.45) is 0 Å². The molecule has 0 unspecified atom stereocenters. The minimum Gasteiger partial charge on any atom is -0.474 e. The van der Waals surface area contributed by atoms with Crippen LogP contribution >= 0.6 is 27.3 Å². The average Bonchev–Trinajstić information content (AvgIpc) is 3.33. The van der Waals surface area contributed by atoms with Gasteiger partial charge in [0.05, 0.1) is 4.88 Å². The van der Waals surface area contributed by atoms with E-state index in [1.165, 1.54) is 11.3 Å². The number of para-hydroxylation sites is 2. The molecule has 152 valence electrons. The molecule has 0 aliphatic rings. The third-order valence-electron chi connectivity index (χ3n) is 4.86. The van der Waals surface area contributed by atoms with Crippen molar-refractivity contribution in [1.29, 1.82) is 0 Å². The number of amides is 1. The molecule has 0 saturated carbocycles. The number of carboxylic acid groups (broad SMARTS) is 1. The van der Waals surface area contributed by atoms with E-state index >= 15 is 0 Å². The number of aromatic nitrogens is 1. The van der Waals surface area contributed by atoms with Crippen molar-refractivity contribution < 1.29 is 19.1 Å². The first-order chi connectivity index (χ1) is 15.0. The van der Waals surface area contributed by atoms with Crippen LogP contribution in [0.15, 0.2) is 75.8 Å². The fourth-order valence-electron chi connectivity index (χ4n) is 3.46. The van der Waals surface area contributed by atoms with E-state index in [0.717, 1.165) is 43.5 Å². The number of hydrogen-bond acceptors (Lipinski definition) is 5. The van der Waals surface area contributed by atoms with E-state index in [4.69, 9.17) is 9.52 Å². The predicted molar refractivity (Wildman–Crippen MR) is 124 cm³/mol. The summed E-state index contributed by atoms with van der Waals surface area (Å²) in [5, 5.41) is 13.4. The van der Waals surface area contributed by atoms with Gasteiger partial charge in [-0.25, -0.2) is 9.78 Å². The Hall–Kier alpha value is -3.49. The quantitative estimate of drug-likeness (QED) is 0.294. The Balaban J connectivity index is 1.51. The fraction of sp³-hybridized carbons (Fsp3) is 0. The van der Waals surface area contributed by atoms with Gasteiger partial charge in [0.1, 0.15) is 15.8 Å². The van der Waals surface area contributed by atoms with Gasteiger partial charge in [0.15, 0.2) is 5.13 Å². The summed E-state index contributed by atoms with van der Waals surface area (Å²) in [6.07, 6.45) is 0. The van der Waals surface area contributed by atoms with E-state index < -0.39 is 11.9 Å². The number of nitrogens with zero attached hydrogens (tertiary/aromatic N) is 1. The molecular formula is C23H13BrN2O4S. The van der Waals surface area contributed by atoms with Crippen LogP contribution in [0.25, 0.3) is 43.5 Å². The lowest BCUT2D eigenvalue weighted by molar-refractivity contribution is -0.147. The van der Waals surface area contributed by atoms with Crippen molar-refractivity contribution in [3.8, 4) is 21.6 Å². The van der Waals surface area contributed by atoms with Crippen LogP contribution in [0.3, 0.4) is 0 Å². The molecule has 3 aromatic carbocycles. The number of furan rings is 1. The van der Waals surface area contributed by atoms with Crippen molar-refractivity contribution in [3.63, 3.8) is 0 Å². The van der Waals surface area contributed by atoms with Crippen LogP contribution in [-0.2, 0) is 9.59 Å². The monoisotopic (exact) mass is 492 g/mol. The zero-order chi connectivity index (χ0) is 21.5. The molecule has 5 rings (SSSR count). The molecule has 0 fully saturated rings. The summed E-state index contributed by atoms with van der Waals surface area (Å²) < 4.78 is 6.66. The molecule has 0 radical (unpaired) electrons. The van der Waals surface area contributed by atoms with Crippen LogP contribution in [-0.4, -0.2) is 22.0 Å². The van der Waals surface area contributed by atoms with Crippen molar-refractivity contribution >= 4 is 66.2 Å². The minimum atomic E-state index is -1.56. The van der Waals surface area contributed by atoms with Crippen LogP contribution in [0.4, 0.5) is 5.13 Å². The maximum Gasteiger partial charge on any atom is 0.394 e. The van der Waals surface area contributed by atoms with E-state index in [1.807, 2.05) is 54.6 Å². The molecule has 31 heavy (non-hydrogen) atoms. The topological polar surface area (TPSA) is 92.4 Å². The number of halogens is 1. The first-order valence-electron chi connectivity index (χ1n) is 9.23. The molecule has 0 saturated heterocycles. The Bertz CT molecular complexity index is 1470. The highest BCUT2D eigenvalue weighted by molar-refractivity contribution is 9.10. The number of thiazole rings is 1. The Labute approximate surface area is 188 Å². The van der Waals surface area contributed by atoms with Crippen molar-refractivity contribution in [2.75, 3.05) is 5.32 Å². The SMILES string of the molecule is O=C(O)C(=O)Nc1nc(Br)c(-c2ccc(-c3cccc4c3oc3ccccc34)cc2)s1. The Morgan fingerprint density at radius 1 is 0.935 bits per heavy atom. The molecule has 0 bridgehead atoms. The highest BCUT2D eigenvalue weighted by atomic mass is 79.9. The molecule has 5 aromatic rings. The number of rotatable bonds is 3. The van der Waals surface area contributed by atoms with Gasteiger partial charge in [-0.05, 0) is 33.1 Å². The molecule has 0 aliphatic heterocycles. The lowest BCUT2D eigenvalue weighted by atomic mass is 10.0. The number of anilines is 1. The number of carbonyl (C=O) groups is 2. The Morgan fingerprint density at radius 3 is 2.42 bits per heavy atom. The third kappa shape index (κ3) is 3.49. The maximum absolute atomic E-state index is 11.4. The largest absolute Gasteiger partial charge is 0.474 e. The summed E-state index contributed by atoms with van der Waals surface area (Å²) in [7, 11) is 0. The molecular weight excluding hydrogens is 480 g/mol. The van der Waals surface area contributed by atoms with Gasteiger partial charge < -0.3 is 9.52 Å². The van der Waals surface area contributed by atoms with Gasteiger partial charge in [0.2, 0.25) is 0 Å². The lowest BCUT2D eigenvalue weighted by Gasteiger charge is -2.04. The molecule has 1 amide bonds. The molecule has 8 heteroatoms. The zero-order valence-corrected chi connectivity index (χ0v) is 18.2. The first kappa shape index (κ1) is 19.5. The molecule has 2 N–H and O–H groups in total. The average molecular weight is 493 g/mol. The number of nitrogens with one attached hydrogen (secondary N) is 1. The molecule has 2 aromatic heterocycles. The molecule has 2 heterocycles. The second-order valence-electron chi connectivity index (χ2n) is 6.76. The first-order valence-corrected chi connectivity index (χ1v) is 10.8. The van der Waals surface area contributed by atoms with E-state index in [2.05, 4.69) is 38.4 Å². The van der Waals surface area contributed by atoms with Gasteiger partial charge in [-0.2, -0.15) is 0 Å². The van der Waals surface area contributed by atoms with Crippen molar-refractivity contribution in [2.45, 2.75) is 0 Å². The normalized spacial score (nSPS) is 11.1. The van der Waals surface area contributed by atoms with Crippen LogP contribution in [0.1, 0.15) is 0 Å². The van der Waals surface area contributed by atoms with Gasteiger partial charge in [0, 0.05) is 16.3 Å². The van der Waals surface area contributed by atoms with E-state index in [1.54, 1.807) is 0 Å². The van der Waals surface area contributed by atoms with E-state index in [9.17, 15) is 9.59 Å². The maximum atomic E-state index is 11.4. The number of aliphatic carboxylic acids is 1.